The number of carbonyl (C=O) groups excluding carboxylic acids is 3. The summed E-state index contributed by atoms with van der Waals surface area (Å²) in [5.41, 5.74) is 2.11. The average molecular weight is 493 g/mol. The van der Waals surface area contributed by atoms with Gasteiger partial charge in [0, 0.05) is 30.1 Å². The highest BCUT2D eigenvalue weighted by Crippen LogP contribution is 2.59. The molecule has 0 spiro atoms. The summed E-state index contributed by atoms with van der Waals surface area (Å²) in [6.45, 7) is 0. The van der Waals surface area contributed by atoms with Gasteiger partial charge in [-0.2, -0.15) is 0 Å². The summed E-state index contributed by atoms with van der Waals surface area (Å²) in [7, 11) is 0. The van der Waals surface area contributed by atoms with Gasteiger partial charge in [0.2, 0.25) is 0 Å². The molecule has 2 aromatic rings. The fourth-order valence-electron chi connectivity index (χ4n) is 7.38. The minimum absolute atomic E-state index is 0.0434. The van der Waals surface area contributed by atoms with Gasteiger partial charge in [0.25, 0.3) is 0 Å². The van der Waals surface area contributed by atoms with E-state index in [1.165, 1.54) is 0 Å². The van der Waals surface area contributed by atoms with Crippen LogP contribution in [0.2, 0.25) is 0 Å². The van der Waals surface area contributed by atoms with Gasteiger partial charge in [0.1, 0.15) is 18.0 Å². The largest absolute Gasteiger partial charge is 0.455 e. The third-order valence-corrected chi connectivity index (χ3v) is 9.07. The fourth-order valence-corrected chi connectivity index (χ4v) is 7.38. The van der Waals surface area contributed by atoms with Gasteiger partial charge in [-0.25, -0.2) is 9.59 Å². The molecule has 0 amide bonds. The predicted octanol–water partition coefficient (Wildman–Crippen LogP) is 5.52. The van der Waals surface area contributed by atoms with Gasteiger partial charge >= 0.3 is 11.9 Å². The van der Waals surface area contributed by atoms with E-state index in [9.17, 15) is 14.4 Å². The number of carbonyl (C=O) groups is 3. The first kappa shape index (κ1) is 22.5. The number of fused-ring (bicyclic) bond motifs is 7. The van der Waals surface area contributed by atoms with Crippen LogP contribution in [-0.2, 0) is 19.1 Å². The van der Waals surface area contributed by atoms with Crippen molar-refractivity contribution in [2.24, 2.45) is 29.6 Å². The molecule has 0 aromatic heterocycles. The van der Waals surface area contributed by atoms with Crippen LogP contribution in [0.3, 0.4) is 0 Å². The molecule has 7 unspecified atom stereocenters. The van der Waals surface area contributed by atoms with E-state index in [1.54, 1.807) is 6.07 Å². The first-order valence-corrected chi connectivity index (χ1v) is 13.3. The van der Waals surface area contributed by atoms with Crippen molar-refractivity contribution >= 4 is 28.5 Å². The van der Waals surface area contributed by atoms with Crippen molar-refractivity contribution < 1.29 is 23.9 Å². The number of hydrogen-bond donors (Lipinski definition) is 0. The summed E-state index contributed by atoms with van der Waals surface area (Å²) >= 11 is 0. The molecular weight excluding hydrogens is 464 g/mol. The molecular formula is C32H28O5. The summed E-state index contributed by atoms with van der Waals surface area (Å²) < 4.78 is 12.2. The minimum atomic E-state index is -0.613. The van der Waals surface area contributed by atoms with Crippen molar-refractivity contribution in [3.8, 4) is 0 Å². The van der Waals surface area contributed by atoms with Gasteiger partial charge in [-0.15, -0.1) is 0 Å². The molecule has 5 nitrogen and oxygen atoms in total. The number of benzene rings is 2. The van der Waals surface area contributed by atoms with Crippen molar-refractivity contribution in [1.82, 2.24) is 0 Å². The van der Waals surface area contributed by atoms with E-state index < -0.39 is 18.2 Å². The topological polar surface area (TPSA) is 69.7 Å². The van der Waals surface area contributed by atoms with Gasteiger partial charge in [0.15, 0.2) is 0 Å². The van der Waals surface area contributed by atoms with Crippen LogP contribution in [0.4, 0.5) is 0 Å². The summed E-state index contributed by atoms with van der Waals surface area (Å²) in [6.07, 6.45) is 13.8. The Hall–Kier alpha value is -3.73. The Kier molecular flexibility index (Phi) is 5.27. The number of ketones is 1. The normalized spacial score (nSPS) is 33.1. The standard InChI is InChI=1S/C32H28O5/c33-27-14-13-24-25-17-26(28(24)27)30(37-32(35)23-12-10-19-6-2-4-8-21(19)16-23)29(25)36-31(34)22-11-9-18-5-1-3-7-20(18)15-22/h1-8,10-12,15-16,18,24-26,28-30H,9,13-14,17H2. The zero-order chi connectivity index (χ0) is 25.1. The molecule has 3 saturated carbocycles. The molecule has 0 saturated heterocycles. The van der Waals surface area contributed by atoms with Crippen LogP contribution in [0, 0.1) is 29.6 Å². The Morgan fingerprint density at radius 1 is 0.865 bits per heavy atom. The van der Waals surface area contributed by atoms with Crippen molar-refractivity contribution in [1.29, 1.82) is 0 Å². The molecule has 7 atom stereocenters. The number of hydrogen-bond acceptors (Lipinski definition) is 5. The summed E-state index contributed by atoms with van der Waals surface area (Å²) in [5, 5.41) is 2.01. The van der Waals surface area contributed by atoms with E-state index in [0.29, 0.717) is 23.5 Å². The predicted molar refractivity (Wildman–Crippen MR) is 138 cm³/mol. The number of allylic oxidation sites excluding steroid dienone is 6. The molecule has 3 fully saturated rings. The maximum atomic E-state index is 13.3. The molecule has 37 heavy (non-hydrogen) atoms. The van der Waals surface area contributed by atoms with E-state index in [2.05, 4.69) is 6.08 Å². The van der Waals surface area contributed by atoms with Crippen molar-refractivity contribution in [3.05, 3.63) is 95.6 Å². The molecule has 0 radical (unpaired) electrons. The molecule has 0 aliphatic heterocycles. The fraction of sp³-hybridized carbons (Fsp3) is 0.344. The summed E-state index contributed by atoms with van der Waals surface area (Å²) in [5.74, 6) is -0.192. The van der Waals surface area contributed by atoms with E-state index in [-0.39, 0.29) is 35.4 Å². The van der Waals surface area contributed by atoms with Crippen LogP contribution in [0.15, 0.2) is 90.1 Å². The van der Waals surface area contributed by atoms with Gasteiger partial charge < -0.3 is 9.47 Å². The Balaban J connectivity index is 1.15. The lowest BCUT2D eigenvalue weighted by Crippen LogP contribution is -2.46. The second kappa shape index (κ2) is 8.69. The third kappa shape index (κ3) is 3.71. The Morgan fingerprint density at radius 2 is 1.68 bits per heavy atom. The van der Waals surface area contributed by atoms with Crippen molar-refractivity contribution in [2.75, 3.05) is 0 Å². The van der Waals surface area contributed by atoms with E-state index >= 15 is 0 Å². The van der Waals surface area contributed by atoms with E-state index in [4.69, 9.17) is 9.47 Å². The Morgan fingerprint density at radius 3 is 2.57 bits per heavy atom. The number of ether oxygens (including phenoxy) is 2. The van der Waals surface area contributed by atoms with Crippen molar-refractivity contribution in [3.63, 3.8) is 0 Å². The molecule has 2 aromatic carbocycles. The van der Waals surface area contributed by atoms with Crippen molar-refractivity contribution in [2.45, 2.75) is 37.9 Å². The highest BCUT2D eigenvalue weighted by Gasteiger charge is 2.64. The molecule has 2 bridgehead atoms. The Bertz CT molecular complexity index is 1440. The highest BCUT2D eigenvalue weighted by molar-refractivity contribution is 5.96. The molecule has 0 heterocycles. The van der Waals surface area contributed by atoms with Crippen LogP contribution in [-0.4, -0.2) is 29.9 Å². The maximum absolute atomic E-state index is 13.3. The maximum Gasteiger partial charge on any atom is 0.338 e. The van der Waals surface area contributed by atoms with E-state index in [0.717, 1.165) is 35.6 Å². The zero-order valence-corrected chi connectivity index (χ0v) is 20.4. The molecule has 5 aliphatic carbocycles. The van der Waals surface area contributed by atoms with Crippen LogP contribution in [0.1, 0.15) is 36.0 Å². The first-order valence-electron chi connectivity index (χ1n) is 13.3. The SMILES string of the molecule is O=C(OC1C2CC(C1OC(=O)c1ccc3ccccc3c1)C1C(=O)CCC21)C1=CCC2C=CC=CC2=C1. The molecule has 5 aliphatic rings. The minimum Gasteiger partial charge on any atom is -0.455 e. The van der Waals surface area contributed by atoms with Gasteiger partial charge in [-0.05, 0) is 59.7 Å². The van der Waals surface area contributed by atoms with Gasteiger partial charge in [-0.3, -0.25) is 4.79 Å². The molecule has 186 valence electrons. The van der Waals surface area contributed by atoms with Crippen LogP contribution in [0.5, 0.6) is 0 Å². The Labute approximate surface area is 215 Å². The lowest BCUT2D eigenvalue weighted by atomic mass is 9.78. The van der Waals surface area contributed by atoms with Gasteiger partial charge in [-0.1, -0.05) is 60.7 Å². The second-order valence-electron chi connectivity index (χ2n) is 10.9. The molecule has 5 heteroatoms. The van der Waals surface area contributed by atoms with Gasteiger partial charge in [0.05, 0.1) is 11.1 Å². The average Bonchev–Trinajstić information content (AvgIpc) is 3.60. The van der Waals surface area contributed by atoms with Crippen LogP contribution in [0.25, 0.3) is 10.8 Å². The molecule has 7 rings (SSSR count). The van der Waals surface area contributed by atoms with Crippen LogP contribution < -0.4 is 0 Å². The second-order valence-corrected chi connectivity index (χ2v) is 10.9. The van der Waals surface area contributed by atoms with Crippen LogP contribution >= 0.6 is 0 Å². The monoisotopic (exact) mass is 492 g/mol. The number of rotatable bonds is 4. The molecule has 0 N–H and O–H groups in total. The summed E-state index contributed by atoms with van der Waals surface area (Å²) in [4.78, 5) is 39.4. The lowest BCUT2D eigenvalue weighted by molar-refractivity contribution is -0.158. The quantitative estimate of drug-likeness (QED) is 0.526. The highest BCUT2D eigenvalue weighted by atomic mass is 16.6. The number of Topliss-reactive ketones (excluding diaryl/α,β-unsaturated/α-hetero) is 1. The smallest absolute Gasteiger partial charge is 0.338 e. The van der Waals surface area contributed by atoms with E-state index in [1.807, 2.05) is 66.8 Å². The summed E-state index contributed by atoms with van der Waals surface area (Å²) in [6, 6.07) is 13.4. The first-order chi connectivity index (χ1) is 18.1. The zero-order valence-electron chi connectivity index (χ0n) is 20.4. The third-order valence-electron chi connectivity index (χ3n) is 9.07. The number of esters is 2. The lowest BCUT2D eigenvalue weighted by Gasteiger charge is -2.36.